The van der Waals surface area contributed by atoms with Gasteiger partial charge in [-0.15, -0.1) is 0 Å². The smallest absolute Gasteiger partial charge is 0.176 e. The molecule has 1 aliphatic rings. The number of hydrogen-bond donors (Lipinski definition) is 0. The summed E-state index contributed by atoms with van der Waals surface area (Å²) >= 11 is 0. The number of nitrogens with zero attached hydrogens (tertiary/aromatic N) is 1. The molecule has 0 N–H and O–H groups in total. The monoisotopic (exact) mass is 275 g/mol. The molecule has 3 nitrogen and oxygen atoms in total. The van der Waals surface area contributed by atoms with Crippen LogP contribution in [0.25, 0.3) is 0 Å². The number of carbonyl (C=O) groups excluding carboxylic acids is 1. The first-order chi connectivity index (χ1) is 9.74. The fraction of sp³-hybridized carbons (Fsp3) is 0.588. The van der Waals surface area contributed by atoms with Crippen LogP contribution in [0.5, 0.6) is 5.75 Å². The molecule has 1 aliphatic carbocycles. The van der Waals surface area contributed by atoms with Crippen LogP contribution >= 0.6 is 0 Å². The molecule has 1 aromatic carbocycles. The maximum absolute atomic E-state index is 12.3. The van der Waals surface area contributed by atoms with Crippen LogP contribution in [-0.2, 0) is 0 Å². The van der Waals surface area contributed by atoms with Crippen molar-refractivity contribution >= 4 is 5.78 Å². The maximum Gasteiger partial charge on any atom is 0.176 e. The first kappa shape index (κ1) is 15.0. The third-order valence-electron chi connectivity index (χ3n) is 3.70. The van der Waals surface area contributed by atoms with Crippen LogP contribution in [-0.4, -0.2) is 36.4 Å². The van der Waals surface area contributed by atoms with Gasteiger partial charge < -0.3 is 4.74 Å². The molecule has 0 aromatic heterocycles. The minimum Gasteiger partial charge on any atom is -0.494 e. The number of unbranched alkanes of at least 4 members (excludes halogenated alkanes) is 1. The normalized spacial score (nSPS) is 14.6. The molecule has 3 heteroatoms. The zero-order valence-corrected chi connectivity index (χ0v) is 12.6. The number of ether oxygens (including phenoxy) is 1. The Bertz CT molecular complexity index is 423. The van der Waals surface area contributed by atoms with Gasteiger partial charge in [0.05, 0.1) is 13.2 Å². The first-order valence-corrected chi connectivity index (χ1v) is 7.74. The van der Waals surface area contributed by atoms with Crippen LogP contribution in [0.15, 0.2) is 24.3 Å². The van der Waals surface area contributed by atoms with E-state index in [4.69, 9.17) is 4.74 Å². The highest BCUT2D eigenvalue weighted by molar-refractivity contribution is 5.97. The summed E-state index contributed by atoms with van der Waals surface area (Å²) in [5, 5.41) is 0. The molecule has 0 spiro atoms. The van der Waals surface area contributed by atoms with Gasteiger partial charge in [0.2, 0.25) is 0 Å². The van der Waals surface area contributed by atoms with Gasteiger partial charge in [-0.25, -0.2) is 0 Å². The predicted molar refractivity (Wildman–Crippen MR) is 81.4 cm³/mol. The van der Waals surface area contributed by atoms with Gasteiger partial charge in [0.25, 0.3) is 0 Å². The van der Waals surface area contributed by atoms with Crippen LogP contribution in [0.1, 0.15) is 49.9 Å². The lowest BCUT2D eigenvalue weighted by Gasteiger charge is -2.20. The fourth-order valence-corrected chi connectivity index (χ4v) is 2.37. The van der Waals surface area contributed by atoms with E-state index < -0.39 is 0 Å². The molecule has 110 valence electrons. The lowest BCUT2D eigenvalue weighted by Crippen LogP contribution is -2.32. The molecule has 1 aromatic rings. The third kappa shape index (κ3) is 4.34. The lowest BCUT2D eigenvalue weighted by molar-refractivity contribution is 0.0923. The van der Waals surface area contributed by atoms with Crippen LogP contribution in [0.4, 0.5) is 0 Å². The highest BCUT2D eigenvalue weighted by Gasteiger charge is 2.29. The van der Waals surface area contributed by atoms with Crippen molar-refractivity contribution in [2.45, 2.75) is 45.6 Å². The minimum atomic E-state index is 0.219. The zero-order valence-electron chi connectivity index (χ0n) is 12.6. The molecule has 1 saturated carbocycles. The zero-order chi connectivity index (χ0) is 14.4. The van der Waals surface area contributed by atoms with Gasteiger partial charge >= 0.3 is 0 Å². The Morgan fingerprint density at radius 1 is 1.25 bits per heavy atom. The van der Waals surface area contributed by atoms with Gasteiger partial charge in [-0.1, -0.05) is 13.3 Å². The Hall–Kier alpha value is -1.35. The second-order valence-corrected chi connectivity index (χ2v) is 5.44. The largest absolute Gasteiger partial charge is 0.494 e. The van der Waals surface area contributed by atoms with Crippen molar-refractivity contribution < 1.29 is 9.53 Å². The van der Waals surface area contributed by atoms with Crippen molar-refractivity contribution in [3.05, 3.63) is 29.8 Å². The molecule has 1 fully saturated rings. The molecular weight excluding hydrogens is 250 g/mol. The minimum absolute atomic E-state index is 0.219. The van der Waals surface area contributed by atoms with Crippen molar-refractivity contribution in [2.75, 3.05) is 19.7 Å². The summed E-state index contributed by atoms with van der Waals surface area (Å²) in [4.78, 5) is 14.7. The van der Waals surface area contributed by atoms with Gasteiger partial charge in [-0.05, 0) is 57.0 Å². The maximum atomic E-state index is 12.3. The SMILES string of the molecule is CCCCN(CC(=O)c1ccc(OCC)cc1)C1CC1. The highest BCUT2D eigenvalue weighted by atomic mass is 16.5. The number of benzene rings is 1. The van der Waals surface area contributed by atoms with Crippen molar-refractivity contribution in [3.8, 4) is 5.75 Å². The molecule has 0 bridgehead atoms. The van der Waals surface area contributed by atoms with Gasteiger partial charge in [-0.2, -0.15) is 0 Å². The van der Waals surface area contributed by atoms with E-state index in [0.29, 0.717) is 19.2 Å². The van der Waals surface area contributed by atoms with E-state index in [1.54, 1.807) is 0 Å². The van der Waals surface area contributed by atoms with E-state index in [1.807, 2.05) is 31.2 Å². The molecule has 2 rings (SSSR count). The average molecular weight is 275 g/mol. The number of hydrogen-bond acceptors (Lipinski definition) is 3. The van der Waals surface area contributed by atoms with Crippen molar-refractivity contribution in [1.82, 2.24) is 4.90 Å². The van der Waals surface area contributed by atoms with Gasteiger partial charge in [0.1, 0.15) is 5.75 Å². The average Bonchev–Trinajstić information content (AvgIpc) is 3.29. The standard InChI is InChI=1S/C17H25NO2/c1-3-5-12-18(15-8-9-15)13-17(19)14-6-10-16(11-7-14)20-4-2/h6-7,10-11,15H,3-5,8-9,12-13H2,1-2H3. The molecule has 20 heavy (non-hydrogen) atoms. The van der Waals surface area contributed by atoms with Crippen LogP contribution in [0.2, 0.25) is 0 Å². The number of ketones is 1. The lowest BCUT2D eigenvalue weighted by atomic mass is 10.1. The topological polar surface area (TPSA) is 29.5 Å². The molecule has 0 saturated heterocycles. The molecule has 0 unspecified atom stereocenters. The summed E-state index contributed by atoms with van der Waals surface area (Å²) in [5.41, 5.74) is 0.788. The van der Waals surface area contributed by atoms with Gasteiger partial charge in [-0.3, -0.25) is 9.69 Å². The highest BCUT2D eigenvalue weighted by Crippen LogP contribution is 2.27. The molecule has 0 aliphatic heterocycles. The summed E-state index contributed by atoms with van der Waals surface area (Å²) in [6.07, 6.45) is 4.86. The van der Waals surface area contributed by atoms with E-state index >= 15 is 0 Å². The Balaban J connectivity index is 1.91. The van der Waals surface area contributed by atoms with E-state index in [-0.39, 0.29) is 5.78 Å². The Morgan fingerprint density at radius 3 is 2.50 bits per heavy atom. The number of rotatable bonds is 9. The summed E-state index contributed by atoms with van der Waals surface area (Å²) in [6, 6.07) is 8.15. The second-order valence-electron chi connectivity index (χ2n) is 5.44. The second kappa shape index (κ2) is 7.44. The van der Waals surface area contributed by atoms with Crippen LogP contribution < -0.4 is 4.74 Å². The van der Waals surface area contributed by atoms with Crippen molar-refractivity contribution in [2.24, 2.45) is 0 Å². The molecule has 0 atom stereocenters. The number of carbonyl (C=O) groups is 1. The summed E-state index contributed by atoms with van der Waals surface area (Å²) in [7, 11) is 0. The first-order valence-electron chi connectivity index (χ1n) is 7.74. The summed E-state index contributed by atoms with van der Waals surface area (Å²) in [5.74, 6) is 1.05. The molecular formula is C17H25NO2. The molecule has 0 heterocycles. The van der Waals surface area contributed by atoms with E-state index in [2.05, 4.69) is 11.8 Å². The number of Topliss-reactive ketones (excluding diaryl/α,β-unsaturated/α-hetero) is 1. The van der Waals surface area contributed by atoms with Gasteiger partial charge in [0, 0.05) is 11.6 Å². The Kier molecular flexibility index (Phi) is 5.60. The summed E-state index contributed by atoms with van der Waals surface area (Å²) in [6.45, 7) is 6.40. The fourth-order valence-electron chi connectivity index (χ4n) is 2.37. The van der Waals surface area contributed by atoms with Crippen LogP contribution in [0, 0.1) is 0 Å². The van der Waals surface area contributed by atoms with Crippen molar-refractivity contribution in [1.29, 1.82) is 0 Å². The van der Waals surface area contributed by atoms with E-state index in [0.717, 1.165) is 17.9 Å². The van der Waals surface area contributed by atoms with Crippen molar-refractivity contribution in [3.63, 3.8) is 0 Å². The Morgan fingerprint density at radius 2 is 1.95 bits per heavy atom. The van der Waals surface area contributed by atoms with E-state index in [1.165, 1.54) is 25.7 Å². The Labute approximate surface area is 121 Å². The third-order valence-corrected chi connectivity index (χ3v) is 3.70. The molecule has 0 radical (unpaired) electrons. The predicted octanol–water partition coefficient (Wildman–Crippen LogP) is 3.53. The summed E-state index contributed by atoms with van der Waals surface area (Å²) < 4.78 is 5.40. The quantitative estimate of drug-likeness (QED) is 0.646. The van der Waals surface area contributed by atoms with E-state index in [9.17, 15) is 4.79 Å². The molecule has 0 amide bonds. The van der Waals surface area contributed by atoms with Crippen LogP contribution in [0.3, 0.4) is 0 Å². The van der Waals surface area contributed by atoms with Gasteiger partial charge in [0.15, 0.2) is 5.78 Å².